The summed E-state index contributed by atoms with van der Waals surface area (Å²) in [6.07, 6.45) is 7.27. The standard InChI is InChI=1S/C24H30O4/c1-15-18-13-14-24(3)20(19(18)9-11-21(15)27-16(2)25)10-12-22(24)28-23(26)17-7-5-4-6-8-17/h4-8,11,15,18-20,22H,9-10,12-14H2,1-3H3/t15-,18+,19-,20-,22+,24-/m1/s1. The van der Waals surface area contributed by atoms with E-state index in [4.69, 9.17) is 9.47 Å². The molecule has 3 aliphatic carbocycles. The summed E-state index contributed by atoms with van der Waals surface area (Å²) in [5, 5.41) is 0. The van der Waals surface area contributed by atoms with E-state index in [0.29, 0.717) is 23.3 Å². The molecule has 0 radical (unpaired) electrons. The SMILES string of the molecule is CC(=O)OC1=CC[C@@H]2[C@@H](CC[C@@]3(C)[C@@H](OC(=O)c4ccccc4)CC[C@H]23)[C@H]1C. The van der Waals surface area contributed by atoms with Gasteiger partial charge < -0.3 is 9.47 Å². The molecule has 0 saturated heterocycles. The van der Waals surface area contributed by atoms with Crippen LogP contribution in [-0.2, 0) is 14.3 Å². The molecule has 0 aliphatic heterocycles. The molecule has 1 aromatic rings. The molecule has 0 spiro atoms. The summed E-state index contributed by atoms with van der Waals surface area (Å²) in [5.41, 5.74) is 0.668. The summed E-state index contributed by atoms with van der Waals surface area (Å²) in [6.45, 7) is 5.98. The van der Waals surface area contributed by atoms with E-state index in [1.807, 2.05) is 30.3 Å². The van der Waals surface area contributed by atoms with Crippen molar-refractivity contribution in [2.45, 2.75) is 59.0 Å². The molecule has 4 rings (SSSR count). The van der Waals surface area contributed by atoms with Gasteiger partial charge in [0.15, 0.2) is 0 Å². The molecular weight excluding hydrogens is 352 g/mol. The number of hydrogen-bond acceptors (Lipinski definition) is 4. The Morgan fingerprint density at radius 3 is 2.54 bits per heavy atom. The number of fused-ring (bicyclic) bond motifs is 3. The minimum absolute atomic E-state index is 0.0136. The zero-order chi connectivity index (χ0) is 19.9. The summed E-state index contributed by atoms with van der Waals surface area (Å²) in [7, 11) is 0. The highest BCUT2D eigenvalue weighted by Crippen LogP contribution is 2.60. The molecule has 0 N–H and O–H groups in total. The lowest BCUT2D eigenvalue weighted by atomic mass is 9.55. The Balaban J connectivity index is 1.50. The first-order chi connectivity index (χ1) is 13.4. The molecule has 0 unspecified atom stereocenters. The van der Waals surface area contributed by atoms with Gasteiger partial charge >= 0.3 is 11.9 Å². The number of allylic oxidation sites excluding steroid dienone is 2. The third-order valence-electron chi connectivity index (χ3n) is 7.61. The van der Waals surface area contributed by atoms with Crippen LogP contribution in [0.5, 0.6) is 0 Å². The first kappa shape index (κ1) is 19.2. The molecule has 2 fully saturated rings. The lowest BCUT2D eigenvalue weighted by Crippen LogP contribution is -2.47. The lowest BCUT2D eigenvalue weighted by Gasteiger charge is -2.51. The quantitative estimate of drug-likeness (QED) is 0.679. The Kier molecular flexibility index (Phi) is 5.07. The van der Waals surface area contributed by atoms with Crippen molar-refractivity contribution < 1.29 is 19.1 Å². The Labute approximate surface area is 167 Å². The second-order valence-electron chi connectivity index (χ2n) is 9.04. The summed E-state index contributed by atoms with van der Waals surface area (Å²) in [5.74, 6) is 2.36. The molecular formula is C24H30O4. The van der Waals surface area contributed by atoms with Crippen LogP contribution in [0.2, 0.25) is 0 Å². The number of carbonyl (C=O) groups excluding carboxylic acids is 2. The van der Waals surface area contributed by atoms with Gasteiger partial charge in [-0.2, -0.15) is 0 Å². The maximum atomic E-state index is 12.6. The Hall–Kier alpha value is -2.10. The molecule has 1 aromatic carbocycles. The number of ether oxygens (including phenoxy) is 2. The molecule has 0 heterocycles. The van der Waals surface area contributed by atoms with Crippen molar-refractivity contribution in [2.24, 2.45) is 29.1 Å². The zero-order valence-electron chi connectivity index (χ0n) is 17.0. The molecule has 150 valence electrons. The fourth-order valence-electron chi connectivity index (χ4n) is 6.14. The van der Waals surface area contributed by atoms with E-state index in [1.54, 1.807) is 0 Å². The fraction of sp³-hybridized carbons (Fsp3) is 0.583. The van der Waals surface area contributed by atoms with Gasteiger partial charge in [0.1, 0.15) is 11.9 Å². The number of benzene rings is 1. The van der Waals surface area contributed by atoms with Crippen LogP contribution in [0.4, 0.5) is 0 Å². The second-order valence-corrected chi connectivity index (χ2v) is 9.04. The van der Waals surface area contributed by atoms with Crippen molar-refractivity contribution in [2.75, 3.05) is 0 Å². The van der Waals surface area contributed by atoms with Crippen LogP contribution < -0.4 is 0 Å². The fourth-order valence-corrected chi connectivity index (χ4v) is 6.14. The summed E-state index contributed by atoms with van der Waals surface area (Å²) in [4.78, 5) is 24.0. The van der Waals surface area contributed by atoms with Gasteiger partial charge in [0.05, 0.1) is 5.56 Å². The molecule has 28 heavy (non-hydrogen) atoms. The van der Waals surface area contributed by atoms with Gasteiger partial charge in [-0.25, -0.2) is 4.79 Å². The highest BCUT2D eigenvalue weighted by Gasteiger charge is 2.56. The number of hydrogen-bond donors (Lipinski definition) is 0. The maximum absolute atomic E-state index is 12.6. The smallest absolute Gasteiger partial charge is 0.338 e. The number of rotatable bonds is 3. The monoisotopic (exact) mass is 382 g/mol. The summed E-state index contributed by atoms with van der Waals surface area (Å²) < 4.78 is 11.5. The highest BCUT2D eigenvalue weighted by atomic mass is 16.5. The maximum Gasteiger partial charge on any atom is 0.338 e. The molecule has 0 bridgehead atoms. The topological polar surface area (TPSA) is 52.6 Å². The van der Waals surface area contributed by atoms with Crippen LogP contribution in [0.3, 0.4) is 0 Å². The van der Waals surface area contributed by atoms with E-state index in [0.717, 1.165) is 37.9 Å². The van der Waals surface area contributed by atoms with E-state index in [1.165, 1.54) is 6.92 Å². The van der Waals surface area contributed by atoms with Crippen molar-refractivity contribution in [3.8, 4) is 0 Å². The molecule has 2 saturated carbocycles. The van der Waals surface area contributed by atoms with Gasteiger partial charge in [-0.05, 0) is 68.1 Å². The normalized spacial score (nSPS) is 36.7. The van der Waals surface area contributed by atoms with Gasteiger partial charge in [0.25, 0.3) is 0 Å². The van der Waals surface area contributed by atoms with Gasteiger partial charge in [-0.3, -0.25) is 4.79 Å². The van der Waals surface area contributed by atoms with E-state index in [9.17, 15) is 9.59 Å². The predicted molar refractivity (Wildman–Crippen MR) is 106 cm³/mol. The minimum Gasteiger partial charge on any atom is -0.458 e. The van der Waals surface area contributed by atoms with Gasteiger partial charge in [0, 0.05) is 18.3 Å². The highest BCUT2D eigenvalue weighted by molar-refractivity contribution is 5.89. The van der Waals surface area contributed by atoms with Crippen LogP contribution in [-0.4, -0.2) is 18.0 Å². The van der Waals surface area contributed by atoms with Crippen molar-refractivity contribution in [3.63, 3.8) is 0 Å². The first-order valence-corrected chi connectivity index (χ1v) is 10.5. The van der Waals surface area contributed by atoms with Crippen LogP contribution in [0.1, 0.15) is 63.2 Å². The average molecular weight is 383 g/mol. The van der Waals surface area contributed by atoms with E-state index in [-0.39, 0.29) is 29.4 Å². The Morgan fingerprint density at radius 2 is 1.82 bits per heavy atom. The van der Waals surface area contributed by atoms with Crippen molar-refractivity contribution in [1.82, 2.24) is 0 Å². The molecule has 6 atom stereocenters. The Morgan fingerprint density at radius 1 is 1.07 bits per heavy atom. The molecule has 4 heteroatoms. The van der Waals surface area contributed by atoms with E-state index < -0.39 is 0 Å². The predicted octanol–water partition coefficient (Wildman–Crippen LogP) is 5.14. The van der Waals surface area contributed by atoms with Crippen LogP contribution in [0, 0.1) is 29.1 Å². The van der Waals surface area contributed by atoms with Gasteiger partial charge in [-0.1, -0.05) is 32.0 Å². The second kappa shape index (κ2) is 7.38. The average Bonchev–Trinajstić information content (AvgIpc) is 3.01. The summed E-state index contributed by atoms with van der Waals surface area (Å²) in [6, 6.07) is 9.29. The number of carbonyl (C=O) groups is 2. The molecule has 4 nitrogen and oxygen atoms in total. The first-order valence-electron chi connectivity index (χ1n) is 10.5. The van der Waals surface area contributed by atoms with E-state index >= 15 is 0 Å². The minimum atomic E-state index is -0.231. The van der Waals surface area contributed by atoms with Gasteiger partial charge in [0.2, 0.25) is 0 Å². The largest absolute Gasteiger partial charge is 0.458 e. The van der Waals surface area contributed by atoms with Gasteiger partial charge in [-0.15, -0.1) is 0 Å². The Bertz CT molecular complexity index is 783. The van der Waals surface area contributed by atoms with Crippen molar-refractivity contribution in [1.29, 1.82) is 0 Å². The van der Waals surface area contributed by atoms with Crippen molar-refractivity contribution >= 4 is 11.9 Å². The summed E-state index contributed by atoms with van der Waals surface area (Å²) >= 11 is 0. The molecule has 0 amide bonds. The third-order valence-corrected chi connectivity index (χ3v) is 7.61. The van der Waals surface area contributed by atoms with E-state index in [2.05, 4.69) is 19.9 Å². The molecule has 3 aliphatic rings. The number of esters is 2. The van der Waals surface area contributed by atoms with Crippen LogP contribution >= 0.6 is 0 Å². The third kappa shape index (κ3) is 3.27. The van der Waals surface area contributed by atoms with Crippen LogP contribution in [0.15, 0.2) is 42.2 Å². The van der Waals surface area contributed by atoms with Crippen LogP contribution in [0.25, 0.3) is 0 Å². The zero-order valence-corrected chi connectivity index (χ0v) is 17.0. The molecule has 0 aromatic heterocycles. The lowest BCUT2D eigenvalue weighted by molar-refractivity contribution is -0.139. The van der Waals surface area contributed by atoms with Crippen molar-refractivity contribution in [3.05, 3.63) is 47.7 Å².